The first-order valence-electron chi connectivity index (χ1n) is 8.44. The van der Waals surface area contributed by atoms with Gasteiger partial charge in [0, 0.05) is 28.9 Å². The minimum atomic E-state index is -0.362. The van der Waals surface area contributed by atoms with Crippen LogP contribution >= 0.6 is 11.3 Å². The first-order valence-corrected chi connectivity index (χ1v) is 9.32. The third-order valence-corrected chi connectivity index (χ3v) is 5.20. The Balaban J connectivity index is 1.47. The summed E-state index contributed by atoms with van der Waals surface area (Å²) in [5, 5.41) is 5.87. The standard InChI is InChI=1S/C20H18FN3OS/c1-13-22-18(12-26-13)14-5-6-19-15(9-14)7-8-24(19)11-20(25)23-17-4-2-3-16(21)10-17/h2-6,9-10,12H,7-8,11H2,1H3,(H,23,25). The molecule has 0 bridgehead atoms. The molecule has 1 aliphatic heterocycles. The van der Waals surface area contributed by atoms with Crippen molar-refractivity contribution in [3.8, 4) is 11.3 Å². The number of benzene rings is 2. The zero-order valence-corrected chi connectivity index (χ0v) is 15.1. The lowest BCUT2D eigenvalue weighted by Crippen LogP contribution is -2.31. The fourth-order valence-corrected chi connectivity index (χ4v) is 3.85. The molecule has 1 N–H and O–H groups in total. The van der Waals surface area contributed by atoms with Crippen molar-refractivity contribution in [1.82, 2.24) is 4.98 Å². The Morgan fingerprint density at radius 2 is 2.19 bits per heavy atom. The summed E-state index contributed by atoms with van der Waals surface area (Å²) in [4.78, 5) is 18.9. The van der Waals surface area contributed by atoms with E-state index in [0.717, 1.165) is 34.9 Å². The number of carbonyl (C=O) groups is 1. The third kappa shape index (κ3) is 3.46. The van der Waals surface area contributed by atoms with Gasteiger partial charge in [-0.25, -0.2) is 9.37 Å². The summed E-state index contributed by atoms with van der Waals surface area (Å²) in [6, 6.07) is 12.2. The molecule has 0 atom stereocenters. The lowest BCUT2D eigenvalue weighted by molar-refractivity contribution is -0.115. The van der Waals surface area contributed by atoms with Crippen LogP contribution in [0, 0.1) is 12.7 Å². The van der Waals surface area contributed by atoms with Gasteiger partial charge in [0.2, 0.25) is 5.91 Å². The average molecular weight is 367 g/mol. The second kappa shape index (κ2) is 6.88. The average Bonchev–Trinajstić information content (AvgIpc) is 3.21. The number of nitrogens with one attached hydrogen (secondary N) is 1. The van der Waals surface area contributed by atoms with Crippen molar-refractivity contribution in [1.29, 1.82) is 0 Å². The van der Waals surface area contributed by atoms with Crippen molar-refractivity contribution in [3.63, 3.8) is 0 Å². The van der Waals surface area contributed by atoms with Crippen LogP contribution in [0.5, 0.6) is 0 Å². The predicted octanol–water partition coefficient (Wildman–Crippen LogP) is 4.26. The van der Waals surface area contributed by atoms with E-state index in [1.54, 1.807) is 23.5 Å². The Labute approximate surface area is 155 Å². The molecule has 132 valence electrons. The molecule has 1 amide bonds. The molecule has 0 saturated heterocycles. The topological polar surface area (TPSA) is 45.2 Å². The number of rotatable bonds is 4. The molecule has 1 aliphatic rings. The highest BCUT2D eigenvalue weighted by Gasteiger charge is 2.22. The van der Waals surface area contributed by atoms with Crippen molar-refractivity contribution in [2.75, 3.05) is 23.3 Å². The summed E-state index contributed by atoms with van der Waals surface area (Å²) < 4.78 is 13.2. The molecule has 3 aromatic rings. The van der Waals surface area contributed by atoms with Crippen LogP contribution in [0.25, 0.3) is 11.3 Å². The SMILES string of the molecule is Cc1nc(-c2ccc3c(c2)CCN3CC(=O)Nc2cccc(F)c2)cs1. The number of aryl methyl sites for hydroxylation is 1. The Morgan fingerprint density at radius 3 is 2.96 bits per heavy atom. The number of fused-ring (bicyclic) bond motifs is 1. The molecule has 26 heavy (non-hydrogen) atoms. The molecule has 6 heteroatoms. The van der Waals surface area contributed by atoms with Crippen LogP contribution in [0.4, 0.5) is 15.8 Å². The van der Waals surface area contributed by atoms with E-state index < -0.39 is 0 Å². The van der Waals surface area contributed by atoms with Gasteiger partial charge in [0.1, 0.15) is 5.82 Å². The number of halogens is 1. The van der Waals surface area contributed by atoms with E-state index in [1.807, 2.05) is 6.92 Å². The number of aromatic nitrogens is 1. The maximum Gasteiger partial charge on any atom is 0.243 e. The Hall–Kier alpha value is -2.73. The fourth-order valence-electron chi connectivity index (χ4n) is 3.23. The van der Waals surface area contributed by atoms with E-state index in [0.29, 0.717) is 5.69 Å². The zero-order chi connectivity index (χ0) is 18.1. The minimum Gasteiger partial charge on any atom is -0.362 e. The number of nitrogens with zero attached hydrogens (tertiary/aromatic N) is 2. The quantitative estimate of drug-likeness (QED) is 0.749. The van der Waals surface area contributed by atoms with Gasteiger partial charge in [-0.2, -0.15) is 0 Å². The first-order chi connectivity index (χ1) is 12.6. The van der Waals surface area contributed by atoms with Crippen LogP contribution in [0.1, 0.15) is 10.6 Å². The maximum atomic E-state index is 13.2. The number of amides is 1. The second-order valence-electron chi connectivity index (χ2n) is 6.33. The Morgan fingerprint density at radius 1 is 1.31 bits per heavy atom. The third-order valence-electron chi connectivity index (χ3n) is 4.43. The van der Waals surface area contributed by atoms with Gasteiger partial charge in [0.15, 0.2) is 0 Å². The molecular formula is C20H18FN3OS. The Bertz CT molecular complexity index is 969. The summed E-state index contributed by atoms with van der Waals surface area (Å²) in [5.74, 6) is -0.512. The minimum absolute atomic E-state index is 0.150. The van der Waals surface area contributed by atoms with Crippen LogP contribution in [-0.4, -0.2) is 24.0 Å². The molecule has 1 aromatic heterocycles. The van der Waals surface area contributed by atoms with E-state index in [2.05, 4.69) is 38.8 Å². The van der Waals surface area contributed by atoms with E-state index in [9.17, 15) is 9.18 Å². The molecule has 0 unspecified atom stereocenters. The number of thiazole rings is 1. The van der Waals surface area contributed by atoms with Gasteiger partial charge in [-0.3, -0.25) is 4.79 Å². The van der Waals surface area contributed by atoms with Crippen molar-refractivity contribution < 1.29 is 9.18 Å². The van der Waals surface area contributed by atoms with Gasteiger partial charge < -0.3 is 10.2 Å². The predicted molar refractivity (Wildman–Crippen MR) is 103 cm³/mol. The number of anilines is 2. The van der Waals surface area contributed by atoms with Crippen LogP contribution in [-0.2, 0) is 11.2 Å². The zero-order valence-electron chi connectivity index (χ0n) is 14.3. The van der Waals surface area contributed by atoms with E-state index in [4.69, 9.17) is 0 Å². The number of carbonyl (C=O) groups excluding carboxylic acids is 1. The van der Waals surface area contributed by atoms with Crippen molar-refractivity contribution in [2.45, 2.75) is 13.3 Å². The van der Waals surface area contributed by atoms with E-state index >= 15 is 0 Å². The number of hydrogen-bond donors (Lipinski definition) is 1. The lowest BCUT2D eigenvalue weighted by Gasteiger charge is -2.19. The Kier molecular flexibility index (Phi) is 4.42. The first kappa shape index (κ1) is 16.7. The highest BCUT2D eigenvalue weighted by Crippen LogP contribution is 2.32. The molecule has 0 saturated carbocycles. The molecule has 0 spiro atoms. The second-order valence-corrected chi connectivity index (χ2v) is 7.39. The molecule has 4 nitrogen and oxygen atoms in total. The highest BCUT2D eigenvalue weighted by atomic mass is 32.1. The summed E-state index contributed by atoms with van der Waals surface area (Å²) in [6.07, 6.45) is 0.902. The van der Waals surface area contributed by atoms with E-state index in [-0.39, 0.29) is 18.3 Å². The largest absolute Gasteiger partial charge is 0.362 e. The lowest BCUT2D eigenvalue weighted by atomic mass is 10.1. The normalized spacial score (nSPS) is 12.9. The molecule has 2 aromatic carbocycles. The van der Waals surface area contributed by atoms with Gasteiger partial charge in [-0.05, 0) is 49.2 Å². The highest BCUT2D eigenvalue weighted by molar-refractivity contribution is 7.09. The van der Waals surface area contributed by atoms with Crippen LogP contribution in [0.2, 0.25) is 0 Å². The van der Waals surface area contributed by atoms with Gasteiger partial charge in [0.25, 0.3) is 0 Å². The summed E-state index contributed by atoms with van der Waals surface area (Å²) in [6.45, 7) is 3.05. The molecule has 0 fully saturated rings. The molecule has 4 rings (SSSR count). The monoisotopic (exact) mass is 367 g/mol. The van der Waals surface area contributed by atoms with Gasteiger partial charge in [-0.1, -0.05) is 12.1 Å². The maximum absolute atomic E-state index is 13.2. The summed E-state index contributed by atoms with van der Waals surface area (Å²) in [5.41, 5.74) is 4.89. The van der Waals surface area contributed by atoms with Crippen molar-refractivity contribution in [2.24, 2.45) is 0 Å². The molecule has 0 aliphatic carbocycles. The van der Waals surface area contributed by atoms with Crippen LogP contribution in [0.3, 0.4) is 0 Å². The van der Waals surface area contributed by atoms with Crippen LogP contribution < -0.4 is 10.2 Å². The van der Waals surface area contributed by atoms with Crippen molar-refractivity contribution >= 4 is 28.6 Å². The fraction of sp³-hybridized carbons (Fsp3) is 0.200. The molecule has 0 radical (unpaired) electrons. The summed E-state index contributed by atoms with van der Waals surface area (Å²) >= 11 is 1.64. The van der Waals surface area contributed by atoms with Gasteiger partial charge in [-0.15, -0.1) is 11.3 Å². The van der Waals surface area contributed by atoms with E-state index in [1.165, 1.54) is 17.7 Å². The van der Waals surface area contributed by atoms with Gasteiger partial charge >= 0.3 is 0 Å². The smallest absolute Gasteiger partial charge is 0.243 e. The summed E-state index contributed by atoms with van der Waals surface area (Å²) in [7, 11) is 0. The van der Waals surface area contributed by atoms with Crippen molar-refractivity contribution in [3.05, 3.63) is 64.2 Å². The number of hydrogen-bond acceptors (Lipinski definition) is 4. The van der Waals surface area contributed by atoms with Crippen LogP contribution in [0.15, 0.2) is 47.8 Å². The molecular weight excluding hydrogens is 349 g/mol. The molecule has 2 heterocycles. The van der Waals surface area contributed by atoms with Gasteiger partial charge in [0.05, 0.1) is 17.2 Å².